The lowest BCUT2D eigenvalue weighted by Crippen LogP contribution is -2.35. The molecule has 6 nitrogen and oxygen atoms in total. The lowest BCUT2D eigenvalue weighted by atomic mass is 10.2. The zero-order valence-corrected chi connectivity index (χ0v) is 11.0. The van der Waals surface area contributed by atoms with Crippen molar-refractivity contribution < 1.29 is 20.1 Å². The molecule has 108 valence electrons. The molecule has 6 heteroatoms. The highest BCUT2D eigenvalue weighted by molar-refractivity contribution is 5.34. The van der Waals surface area contributed by atoms with Crippen LogP contribution in [0.3, 0.4) is 0 Å². The van der Waals surface area contributed by atoms with Crippen LogP contribution in [0.15, 0.2) is 24.3 Å². The fourth-order valence-electron chi connectivity index (χ4n) is 2.16. The predicted octanol–water partition coefficient (Wildman–Crippen LogP) is -0.665. The number of β-amino-alcohol motifs (C(OH)–C–C–N with tert-alkyl or cyclic N) is 3. The Morgan fingerprint density at radius 3 is 2.40 bits per heavy atom. The van der Waals surface area contributed by atoms with Crippen molar-refractivity contribution in [3.05, 3.63) is 29.8 Å². The third-order valence-corrected chi connectivity index (χ3v) is 3.23. The van der Waals surface area contributed by atoms with Gasteiger partial charge in [0.15, 0.2) is 0 Å². The Kier molecular flexibility index (Phi) is 4.93. The van der Waals surface area contributed by atoms with Crippen molar-refractivity contribution in [1.29, 1.82) is 5.26 Å². The molecule has 1 aliphatic rings. The van der Waals surface area contributed by atoms with Crippen LogP contribution in [0.1, 0.15) is 5.56 Å². The van der Waals surface area contributed by atoms with Gasteiger partial charge >= 0.3 is 0 Å². The molecule has 1 fully saturated rings. The van der Waals surface area contributed by atoms with Crippen LogP contribution in [0.4, 0.5) is 0 Å². The number of ether oxygens (including phenoxy) is 1. The lowest BCUT2D eigenvalue weighted by molar-refractivity contribution is 0.0572. The molecule has 3 atom stereocenters. The monoisotopic (exact) mass is 278 g/mol. The normalized spacial score (nSPS) is 24.3. The number of hydrogen-bond donors (Lipinski definition) is 3. The van der Waals surface area contributed by atoms with Crippen molar-refractivity contribution >= 4 is 0 Å². The molecule has 3 N–H and O–H groups in total. The average molecular weight is 278 g/mol. The van der Waals surface area contributed by atoms with Gasteiger partial charge in [-0.05, 0) is 24.3 Å². The summed E-state index contributed by atoms with van der Waals surface area (Å²) in [5.41, 5.74) is 0.554. The molecule has 0 aliphatic carbocycles. The topological polar surface area (TPSA) is 97.0 Å². The largest absolute Gasteiger partial charge is 0.491 e. The Bertz CT molecular complexity index is 461. The van der Waals surface area contributed by atoms with Crippen molar-refractivity contribution in [2.24, 2.45) is 0 Å². The summed E-state index contributed by atoms with van der Waals surface area (Å²) in [5.74, 6) is 0.588. The van der Waals surface area contributed by atoms with E-state index in [4.69, 9.17) is 10.00 Å². The van der Waals surface area contributed by atoms with Crippen molar-refractivity contribution in [2.45, 2.75) is 18.3 Å². The summed E-state index contributed by atoms with van der Waals surface area (Å²) in [7, 11) is 0. The maximum absolute atomic E-state index is 9.86. The first-order chi connectivity index (χ1) is 9.58. The third kappa shape index (κ3) is 3.92. The number of benzene rings is 1. The number of hydrogen-bond acceptors (Lipinski definition) is 6. The minimum Gasteiger partial charge on any atom is -0.491 e. The Labute approximate surface area is 117 Å². The SMILES string of the molecule is N#Cc1ccc(OCC(O)CN2CC(O)C(O)C2)cc1. The minimum atomic E-state index is -0.748. The summed E-state index contributed by atoms with van der Waals surface area (Å²) in [6.07, 6.45) is -2.20. The van der Waals surface area contributed by atoms with Gasteiger partial charge in [-0.25, -0.2) is 0 Å². The van der Waals surface area contributed by atoms with Crippen LogP contribution in [0, 0.1) is 11.3 Å². The Morgan fingerprint density at radius 2 is 1.85 bits per heavy atom. The highest BCUT2D eigenvalue weighted by Gasteiger charge is 2.30. The van der Waals surface area contributed by atoms with E-state index in [1.54, 1.807) is 29.2 Å². The van der Waals surface area contributed by atoms with Gasteiger partial charge in [-0.15, -0.1) is 0 Å². The Hall–Kier alpha value is -1.65. The second-order valence-corrected chi connectivity index (χ2v) is 4.95. The molecule has 0 spiro atoms. The van der Waals surface area contributed by atoms with E-state index >= 15 is 0 Å². The molecule has 0 bridgehead atoms. The van der Waals surface area contributed by atoms with E-state index < -0.39 is 18.3 Å². The zero-order valence-electron chi connectivity index (χ0n) is 11.0. The summed E-state index contributed by atoms with van der Waals surface area (Å²) in [5, 5.41) is 37.3. The van der Waals surface area contributed by atoms with E-state index in [1.807, 2.05) is 6.07 Å². The Morgan fingerprint density at radius 1 is 1.25 bits per heavy atom. The van der Waals surface area contributed by atoms with E-state index in [0.717, 1.165) is 0 Å². The van der Waals surface area contributed by atoms with Gasteiger partial charge in [0, 0.05) is 19.6 Å². The Balaban J connectivity index is 1.74. The minimum absolute atomic E-state index is 0.120. The molecule has 1 saturated heterocycles. The van der Waals surface area contributed by atoms with Crippen LogP contribution in [-0.2, 0) is 0 Å². The maximum Gasteiger partial charge on any atom is 0.119 e. The fraction of sp³-hybridized carbons (Fsp3) is 0.500. The first-order valence-corrected chi connectivity index (χ1v) is 6.48. The molecule has 0 radical (unpaired) electrons. The standard InChI is InChI=1S/C14H18N2O4/c15-5-10-1-3-12(4-2-10)20-9-11(17)6-16-7-13(18)14(19)8-16/h1-4,11,13-14,17-19H,6-9H2. The van der Waals surface area contributed by atoms with E-state index in [9.17, 15) is 15.3 Å². The summed E-state index contributed by atoms with van der Waals surface area (Å²) >= 11 is 0. The van der Waals surface area contributed by atoms with Gasteiger partial charge in [-0.3, -0.25) is 4.90 Å². The van der Waals surface area contributed by atoms with Gasteiger partial charge in [0.1, 0.15) is 18.5 Å². The first kappa shape index (κ1) is 14.8. The molecule has 0 saturated carbocycles. The van der Waals surface area contributed by atoms with Crippen molar-refractivity contribution in [3.8, 4) is 11.8 Å². The van der Waals surface area contributed by atoms with E-state index in [1.165, 1.54) is 0 Å². The zero-order chi connectivity index (χ0) is 14.5. The van der Waals surface area contributed by atoms with Crippen LogP contribution in [0.5, 0.6) is 5.75 Å². The number of aliphatic hydroxyl groups excluding tert-OH is 3. The smallest absolute Gasteiger partial charge is 0.119 e. The molecular weight excluding hydrogens is 260 g/mol. The second-order valence-electron chi connectivity index (χ2n) is 4.95. The van der Waals surface area contributed by atoms with Crippen molar-refractivity contribution in [1.82, 2.24) is 4.90 Å². The summed E-state index contributed by atoms with van der Waals surface area (Å²) in [6.45, 7) is 1.17. The molecule has 0 amide bonds. The molecule has 0 aromatic heterocycles. The van der Waals surface area contributed by atoms with E-state index in [2.05, 4.69) is 0 Å². The van der Waals surface area contributed by atoms with Crippen LogP contribution < -0.4 is 4.74 Å². The van der Waals surface area contributed by atoms with Crippen LogP contribution >= 0.6 is 0 Å². The number of nitriles is 1. The molecule has 20 heavy (non-hydrogen) atoms. The molecule has 1 aliphatic heterocycles. The lowest BCUT2D eigenvalue weighted by Gasteiger charge is -2.19. The molecule has 2 rings (SSSR count). The number of likely N-dealkylation sites (tertiary alicyclic amines) is 1. The van der Waals surface area contributed by atoms with Gasteiger partial charge in [-0.2, -0.15) is 5.26 Å². The van der Waals surface area contributed by atoms with E-state index in [0.29, 0.717) is 30.9 Å². The molecule has 1 aromatic rings. The van der Waals surface area contributed by atoms with Gasteiger partial charge in [0.25, 0.3) is 0 Å². The summed E-state index contributed by atoms with van der Waals surface area (Å²) < 4.78 is 5.42. The number of nitrogens with zero attached hydrogens (tertiary/aromatic N) is 2. The number of rotatable bonds is 5. The van der Waals surface area contributed by atoms with Crippen LogP contribution in [-0.4, -0.2) is 64.8 Å². The summed E-state index contributed by atoms with van der Waals surface area (Å²) in [4.78, 5) is 1.79. The predicted molar refractivity (Wildman–Crippen MR) is 71.1 cm³/mol. The quantitative estimate of drug-likeness (QED) is 0.661. The summed E-state index contributed by atoms with van der Waals surface area (Å²) in [6, 6.07) is 8.66. The first-order valence-electron chi connectivity index (χ1n) is 6.48. The van der Waals surface area contributed by atoms with Gasteiger partial charge in [0.05, 0.1) is 23.8 Å². The van der Waals surface area contributed by atoms with Gasteiger partial charge in [-0.1, -0.05) is 0 Å². The average Bonchev–Trinajstić information content (AvgIpc) is 2.75. The second kappa shape index (κ2) is 6.68. The van der Waals surface area contributed by atoms with Crippen molar-refractivity contribution in [3.63, 3.8) is 0 Å². The third-order valence-electron chi connectivity index (χ3n) is 3.23. The van der Waals surface area contributed by atoms with E-state index in [-0.39, 0.29) is 6.61 Å². The van der Waals surface area contributed by atoms with Crippen LogP contribution in [0.2, 0.25) is 0 Å². The molecule has 1 aromatic carbocycles. The fourth-order valence-corrected chi connectivity index (χ4v) is 2.16. The molecule has 1 heterocycles. The van der Waals surface area contributed by atoms with Crippen molar-refractivity contribution in [2.75, 3.05) is 26.2 Å². The highest BCUT2D eigenvalue weighted by atomic mass is 16.5. The highest BCUT2D eigenvalue weighted by Crippen LogP contribution is 2.13. The van der Waals surface area contributed by atoms with Crippen LogP contribution in [0.25, 0.3) is 0 Å². The molecular formula is C14H18N2O4. The maximum atomic E-state index is 9.86. The van der Waals surface area contributed by atoms with Gasteiger partial charge in [0.2, 0.25) is 0 Å². The molecule has 3 unspecified atom stereocenters. The van der Waals surface area contributed by atoms with Gasteiger partial charge < -0.3 is 20.1 Å². The number of aliphatic hydroxyl groups is 3.